The number of aromatic nitrogens is 2. The molecule has 1 aliphatic heterocycles. The number of likely N-dealkylation sites (tertiary alicyclic amines) is 1. The van der Waals surface area contributed by atoms with Crippen LogP contribution < -0.4 is 5.73 Å². The van der Waals surface area contributed by atoms with Gasteiger partial charge in [0.1, 0.15) is 5.82 Å². The van der Waals surface area contributed by atoms with Crippen LogP contribution in [0.1, 0.15) is 25.7 Å². The molecule has 2 rings (SSSR count). The van der Waals surface area contributed by atoms with Gasteiger partial charge in [-0.1, -0.05) is 6.42 Å². The number of carbonyl (C=O) groups is 1. The van der Waals surface area contributed by atoms with E-state index in [2.05, 4.69) is 5.10 Å². The lowest BCUT2D eigenvalue weighted by atomic mass is 10.2. The van der Waals surface area contributed by atoms with Crippen LogP contribution in [-0.4, -0.2) is 33.7 Å². The van der Waals surface area contributed by atoms with Crippen molar-refractivity contribution in [3.05, 3.63) is 12.3 Å². The molecule has 0 bridgehead atoms. The predicted molar refractivity (Wildman–Crippen MR) is 61.7 cm³/mol. The Labute approximate surface area is 95.2 Å². The Morgan fingerprint density at radius 3 is 2.94 bits per heavy atom. The first-order valence-electron chi connectivity index (χ1n) is 5.82. The first kappa shape index (κ1) is 11.0. The van der Waals surface area contributed by atoms with Gasteiger partial charge in [0, 0.05) is 25.7 Å². The van der Waals surface area contributed by atoms with Crippen molar-refractivity contribution in [2.24, 2.45) is 0 Å². The first-order valence-corrected chi connectivity index (χ1v) is 5.82. The first-order chi connectivity index (χ1) is 7.75. The third kappa shape index (κ3) is 2.74. The molecule has 1 aromatic rings. The van der Waals surface area contributed by atoms with Crippen LogP contribution in [0.5, 0.6) is 0 Å². The van der Waals surface area contributed by atoms with Gasteiger partial charge in [0.2, 0.25) is 5.91 Å². The van der Waals surface area contributed by atoms with Gasteiger partial charge in [0.25, 0.3) is 0 Å². The van der Waals surface area contributed by atoms with Crippen molar-refractivity contribution in [2.75, 3.05) is 18.8 Å². The van der Waals surface area contributed by atoms with E-state index in [-0.39, 0.29) is 5.91 Å². The lowest BCUT2D eigenvalue weighted by Crippen LogP contribution is -2.33. The monoisotopic (exact) mass is 222 g/mol. The van der Waals surface area contributed by atoms with E-state index in [1.54, 1.807) is 10.7 Å². The highest BCUT2D eigenvalue weighted by molar-refractivity contribution is 5.76. The molecule has 5 nitrogen and oxygen atoms in total. The molecule has 0 radical (unpaired) electrons. The summed E-state index contributed by atoms with van der Waals surface area (Å²) in [5.41, 5.74) is 5.53. The molecule has 1 amide bonds. The summed E-state index contributed by atoms with van der Waals surface area (Å²) in [6, 6.07) is 1.77. The van der Waals surface area contributed by atoms with Gasteiger partial charge in [-0.2, -0.15) is 5.10 Å². The van der Waals surface area contributed by atoms with E-state index in [1.165, 1.54) is 0 Å². The number of nitrogen functional groups attached to an aromatic ring is 1. The summed E-state index contributed by atoms with van der Waals surface area (Å²) in [6.45, 7) is 2.35. The Balaban J connectivity index is 1.86. The third-order valence-corrected chi connectivity index (χ3v) is 2.93. The fourth-order valence-electron chi connectivity index (χ4n) is 2.00. The topological polar surface area (TPSA) is 64.2 Å². The number of amides is 1. The number of nitrogens with zero attached hydrogens (tertiary/aromatic N) is 3. The minimum absolute atomic E-state index is 0.276. The molecule has 1 saturated heterocycles. The smallest absolute Gasteiger partial charge is 0.222 e. The van der Waals surface area contributed by atoms with Crippen molar-refractivity contribution < 1.29 is 4.79 Å². The van der Waals surface area contributed by atoms with E-state index in [4.69, 9.17) is 5.73 Å². The lowest BCUT2D eigenvalue weighted by Gasteiger charge is -2.20. The van der Waals surface area contributed by atoms with E-state index < -0.39 is 0 Å². The second kappa shape index (κ2) is 5.01. The third-order valence-electron chi connectivity index (χ3n) is 2.93. The highest BCUT2D eigenvalue weighted by atomic mass is 16.2. The molecule has 0 saturated carbocycles. The van der Waals surface area contributed by atoms with Gasteiger partial charge in [-0.25, -0.2) is 0 Å². The Morgan fingerprint density at radius 1 is 1.31 bits per heavy atom. The maximum absolute atomic E-state index is 11.7. The maximum Gasteiger partial charge on any atom is 0.222 e. The van der Waals surface area contributed by atoms with Crippen molar-refractivity contribution in [1.29, 1.82) is 0 Å². The summed E-state index contributed by atoms with van der Waals surface area (Å²) < 4.78 is 1.79. The molecule has 0 aliphatic carbocycles. The van der Waals surface area contributed by atoms with Crippen LogP contribution in [0.2, 0.25) is 0 Å². The molecule has 0 unspecified atom stereocenters. The summed E-state index contributed by atoms with van der Waals surface area (Å²) in [6.07, 6.45) is 5.85. The molecule has 1 fully saturated rings. The van der Waals surface area contributed by atoms with Crippen LogP contribution in [0, 0.1) is 0 Å². The van der Waals surface area contributed by atoms with Gasteiger partial charge >= 0.3 is 0 Å². The summed E-state index contributed by atoms with van der Waals surface area (Å²) in [4.78, 5) is 13.6. The van der Waals surface area contributed by atoms with Gasteiger partial charge in [0.15, 0.2) is 0 Å². The summed E-state index contributed by atoms with van der Waals surface area (Å²) in [5.74, 6) is 0.805. The van der Waals surface area contributed by atoms with Crippen LogP contribution in [0.25, 0.3) is 0 Å². The average molecular weight is 222 g/mol. The predicted octanol–water partition coefficient (Wildman–Crippen LogP) is 0.868. The molecule has 0 aromatic carbocycles. The Bertz CT molecular complexity index is 361. The van der Waals surface area contributed by atoms with E-state index in [0.717, 1.165) is 38.9 Å². The summed E-state index contributed by atoms with van der Waals surface area (Å²) in [5, 5.41) is 4.10. The van der Waals surface area contributed by atoms with Crippen molar-refractivity contribution in [1.82, 2.24) is 14.7 Å². The molecule has 1 aliphatic rings. The second-order valence-corrected chi connectivity index (χ2v) is 4.20. The normalized spacial score (nSPS) is 17.5. The minimum Gasteiger partial charge on any atom is -0.382 e. The molecule has 2 N–H and O–H groups in total. The average Bonchev–Trinajstić information content (AvgIpc) is 2.56. The molecule has 2 heterocycles. The summed E-state index contributed by atoms with van der Waals surface area (Å²) in [7, 11) is 0. The van der Waals surface area contributed by atoms with Crippen LogP contribution in [0.3, 0.4) is 0 Å². The maximum atomic E-state index is 11.7. The molecule has 16 heavy (non-hydrogen) atoms. The zero-order chi connectivity index (χ0) is 11.4. The van der Waals surface area contributed by atoms with Gasteiger partial charge in [-0.3, -0.25) is 9.48 Å². The fourth-order valence-corrected chi connectivity index (χ4v) is 2.00. The number of nitrogens with two attached hydrogens (primary N) is 1. The highest BCUT2D eigenvalue weighted by Gasteiger charge is 2.15. The summed E-state index contributed by atoms with van der Waals surface area (Å²) >= 11 is 0. The number of anilines is 1. The van der Waals surface area contributed by atoms with Gasteiger partial charge in [-0.05, 0) is 18.9 Å². The van der Waals surface area contributed by atoms with E-state index in [9.17, 15) is 4.79 Å². The van der Waals surface area contributed by atoms with Crippen LogP contribution in [0.15, 0.2) is 12.3 Å². The van der Waals surface area contributed by atoms with Gasteiger partial charge in [0.05, 0.1) is 6.54 Å². The Kier molecular flexibility index (Phi) is 3.44. The van der Waals surface area contributed by atoms with Crippen molar-refractivity contribution in [2.45, 2.75) is 32.2 Å². The highest BCUT2D eigenvalue weighted by Crippen LogP contribution is 2.11. The van der Waals surface area contributed by atoms with Crippen LogP contribution in [-0.2, 0) is 11.3 Å². The fraction of sp³-hybridized carbons (Fsp3) is 0.636. The number of hydrogen-bond acceptors (Lipinski definition) is 3. The Hall–Kier alpha value is -1.52. The molecule has 1 aromatic heterocycles. The van der Waals surface area contributed by atoms with E-state index in [0.29, 0.717) is 12.2 Å². The second-order valence-electron chi connectivity index (χ2n) is 4.20. The van der Waals surface area contributed by atoms with Crippen LogP contribution >= 0.6 is 0 Å². The zero-order valence-corrected chi connectivity index (χ0v) is 9.43. The molecular weight excluding hydrogens is 204 g/mol. The Morgan fingerprint density at radius 2 is 2.19 bits per heavy atom. The van der Waals surface area contributed by atoms with Gasteiger partial charge < -0.3 is 10.6 Å². The lowest BCUT2D eigenvalue weighted by molar-refractivity contribution is -0.130. The van der Waals surface area contributed by atoms with Crippen molar-refractivity contribution >= 4 is 11.7 Å². The quantitative estimate of drug-likeness (QED) is 0.825. The molecular formula is C11H18N4O. The number of hydrogen-bond donors (Lipinski definition) is 1. The van der Waals surface area contributed by atoms with Crippen LogP contribution in [0.4, 0.5) is 5.82 Å². The molecule has 0 atom stereocenters. The van der Waals surface area contributed by atoms with E-state index in [1.807, 2.05) is 11.1 Å². The number of rotatable bonds is 3. The minimum atomic E-state index is 0.276. The largest absolute Gasteiger partial charge is 0.382 e. The van der Waals surface area contributed by atoms with E-state index >= 15 is 0 Å². The molecule has 5 heteroatoms. The zero-order valence-electron chi connectivity index (χ0n) is 9.43. The number of carbonyl (C=O) groups excluding carboxylic acids is 1. The molecule has 0 spiro atoms. The van der Waals surface area contributed by atoms with Crippen molar-refractivity contribution in [3.8, 4) is 0 Å². The standard InChI is InChI=1S/C11H18N4O/c12-10-5-7-15(13-10)9-8-14-6-3-1-2-4-11(14)16/h5,7H,1-4,6,8-9H2,(H2,12,13). The van der Waals surface area contributed by atoms with Gasteiger partial charge in [-0.15, -0.1) is 0 Å². The SMILES string of the molecule is Nc1ccn(CCN2CCCCCC2=O)n1. The van der Waals surface area contributed by atoms with Crippen molar-refractivity contribution in [3.63, 3.8) is 0 Å². The molecule has 88 valence electrons.